The van der Waals surface area contributed by atoms with E-state index in [2.05, 4.69) is 11.0 Å². The van der Waals surface area contributed by atoms with Gasteiger partial charge in [-0.15, -0.1) is 24.0 Å². The standard InChI is InChI=1S/C23H30FNO3.HI/c1-23(26,18-7-9-20(24)10-8-18)19-12-15-25(16-13-19)14-11-17-5-4-6-21(27-2)22(17)28-3;/h4-10,19,26H,11-16H2,1-3H3;1H. The number of para-hydroxylation sites is 1. The van der Waals surface area contributed by atoms with Gasteiger partial charge in [0.2, 0.25) is 0 Å². The van der Waals surface area contributed by atoms with Gasteiger partial charge in [-0.1, -0.05) is 24.3 Å². The van der Waals surface area contributed by atoms with E-state index in [-0.39, 0.29) is 35.7 Å². The van der Waals surface area contributed by atoms with Gasteiger partial charge in [0.15, 0.2) is 11.5 Å². The first-order chi connectivity index (χ1) is 13.5. The molecule has 4 nitrogen and oxygen atoms in total. The van der Waals surface area contributed by atoms with Gasteiger partial charge in [0.1, 0.15) is 5.82 Å². The van der Waals surface area contributed by atoms with E-state index in [1.165, 1.54) is 12.1 Å². The Morgan fingerprint density at radius 1 is 1.07 bits per heavy atom. The predicted octanol–water partition coefficient (Wildman–Crippen LogP) is 4.62. The average molecular weight is 515 g/mol. The zero-order valence-corrected chi connectivity index (χ0v) is 19.7. The third-order valence-electron chi connectivity index (χ3n) is 5.99. The van der Waals surface area contributed by atoms with Crippen molar-refractivity contribution in [3.8, 4) is 11.5 Å². The summed E-state index contributed by atoms with van der Waals surface area (Å²) in [6.07, 6.45) is 2.72. The largest absolute Gasteiger partial charge is 0.493 e. The molecule has 3 rings (SSSR count). The Kier molecular flexibility index (Phi) is 8.73. The molecule has 1 aliphatic rings. The molecule has 1 aliphatic heterocycles. The topological polar surface area (TPSA) is 41.9 Å². The summed E-state index contributed by atoms with van der Waals surface area (Å²) < 4.78 is 24.1. The number of nitrogens with zero attached hydrogens (tertiary/aromatic N) is 1. The first-order valence-electron chi connectivity index (χ1n) is 9.86. The maximum atomic E-state index is 13.2. The highest BCUT2D eigenvalue weighted by molar-refractivity contribution is 14.0. The maximum absolute atomic E-state index is 13.2. The summed E-state index contributed by atoms with van der Waals surface area (Å²) in [6.45, 7) is 4.67. The molecule has 1 atom stereocenters. The molecule has 0 spiro atoms. The van der Waals surface area contributed by atoms with Crippen LogP contribution in [0.5, 0.6) is 11.5 Å². The van der Waals surface area contributed by atoms with Crippen molar-refractivity contribution in [3.63, 3.8) is 0 Å². The van der Waals surface area contributed by atoms with E-state index < -0.39 is 5.60 Å². The van der Waals surface area contributed by atoms with Crippen LogP contribution in [-0.2, 0) is 12.0 Å². The molecular formula is C23H31FINO3. The zero-order chi connectivity index (χ0) is 20.1. The fraction of sp³-hybridized carbons (Fsp3) is 0.478. The third kappa shape index (κ3) is 5.61. The van der Waals surface area contributed by atoms with E-state index in [0.717, 1.165) is 61.5 Å². The van der Waals surface area contributed by atoms with Gasteiger partial charge in [-0.25, -0.2) is 4.39 Å². The summed E-state index contributed by atoms with van der Waals surface area (Å²) in [5, 5.41) is 11.1. The van der Waals surface area contributed by atoms with Gasteiger partial charge < -0.3 is 19.5 Å². The van der Waals surface area contributed by atoms with Crippen molar-refractivity contribution in [3.05, 3.63) is 59.4 Å². The fourth-order valence-electron chi connectivity index (χ4n) is 4.17. The molecule has 6 heteroatoms. The number of ether oxygens (including phenoxy) is 2. The monoisotopic (exact) mass is 515 g/mol. The molecule has 1 fully saturated rings. The molecule has 0 aromatic heterocycles. The Hall–Kier alpha value is -1.38. The number of hydrogen-bond acceptors (Lipinski definition) is 4. The smallest absolute Gasteiger partial charge is 0.163 e. The van der Waals surface area contributed by atoms with Gasteiger partial charge in [-0.2, -0.15) is 0 Å². The Bertz CT molecular complexity index is 774. The van der Waals surface area contributed by atoms with Crippen LogP contribution >= 0.6 is 24.0 Å². The quantitative estimate of drug-likeness (QED) is 0.547. The van der Waals surface area contributed by atoms with Crippen LogP contribution in [0.2, 0.25) is 0 Å². The van der Waals surface area contributed by atoms with Crippen molar-refractivity contribution in [1.82, 2.24) is 4.90 Å². The number of rotatable bonds is 7. The summed E-state index contributed by atoms with van der Waals surface area (Å²) in [4.78, 5) is 2.43. The summed E-state index contributed by atoms with van der Waals surface area (Å²) in [5.41, 5.74) is 0.992. The Morgan fingerprint density at radius 3 is 2.31 bits per heavy atom. The molecule has 1 unspecified atom stereocenters. The summed E-state index contributed by atoms with van der Waals surface area (Å²) in [7, 11) is 3.32. The van der Waals surface area contributed by atoms with Crippen LogP contribution < -0.4 is 9.47 Å². The number of halogens is 2. The minimum absolute atomic E-state index is 0. The Morgan fingerprint density at radius 2 is 1.72 bits per heavy atom. The third-order valence-corrected chi connectivity index (χ3v) is 5.99. The number of methoxy groups -OCH3 is 2. The van der Waals surface area contributed by atoms with Crippen molar-refractivity contribution in [2.75, 3.05) is 33.9 Å². The second-order valence-electron chi connectivity index (χ2n) is 7.67. The van der Waals surface area contributed by atoms with Crippen molar-refractivity contribution in [2.45, 2.75) is 31.8 Å². The summed E-state index contributed by atoms with van der Waals surface area (Å²) in [6, 6.07) is 12.2. The normalized spacial score (nSPS) is 17.3. The second kappa shape index (κ2) is 10.6. The first kappa shape index (κ1) is 23.9. The van der Waals surface area contributed by atoms with Gasteiger partial charge in [0.25, 0.3) is 0 Å². The number of aliphatic hydroxyl groups is 1. The lowest BCUT2D eigenvalue weighted by Gasteiger charge is -2.40. The van der Waals surface area contributed by atoms with Crippen LogP contribution in [0, 0.1) is 11.7 Å². The highest BCUT2D eigenvalue weighted by Crippen LogP contribution is 2.36. The highest BCUT2D eigenvalue weighted by atomic mass is 127. The van der Waals surface area contributed by atoms with E-state index in [4.69, 9.17) is 9.47 Å². The lowest BCUT2D eigenvalue weighted by molar-refractivity contribution is -0.0328. The molecule has 1 saturated heterocycles. The van der Waals surface area contributed by atoms with Crippen molar-refractivity contribution in [2.24, 2.45) is 5.92 Å². The van der Waals surface area contributed by atoms with Crippen LogP contribution in [0.3, 0.4) is 0 Å². The SMILES string of the molecule is COc1cccc(CCN2CCC(C(C)(O)c3ccc(F)cc3)CC2)c1OC.I. The number of benzene rings is 2. The molecule has 1 N–H and O–H groups in total. The minimum Gasteiger partial charge on any atom is -0.493 e. The second-order valence-corrected chi connectivity index (χ2v) is 7.67. The molecule has 0 radical (unpaired) electrons. The molecule has 0 bridgehead atoms. The Labute approximate surface area is 190 Å². The molecule has 29 heavy (non-hydrogen) atoms. The average Bonchev–Trinajstić information content (AvgIpc) is 2.72. The van der Waals surface area contributed by atoms with Crippen LogP contribution in [-0.4, -0.2) is 43.9 Å². The lowest BCUT2D eigenvalue weighted by atomic mass is 9.77. The summed E-state index contributed by atoms with van der Waals surface area (Å²) >= 11 is 0. The maximum Gasteiger partial charge on any atom is 0.163 e. The molecule has 0 amide bonds. The van der Waals surface area contributed by atoms with Crippen LogP contribution in [0.25, 0.3) is 0 Å². The molecule has 160 valence electrons. The van der Waals surface area contributed by atoms with E-state index in [1.807, 2.05) is 19.1 Å². The summed E-state index contributed by atoms with van der Waals surface area (Å²) in [5.74, 6) is 1.45. The number of hydrogen-bond donors (Lipinski definition) is 1. The van der Waals surface area contributed by atoms with Gasteiger partial charge in [0.05, 0.1) is 19.8 Å². The van der Waals surface area contributed by atoms with Crippen LogP contribution in [0.15, 0.2) is 42.5 Å². The molecular weight excluding hydrogens is 484 g/mol. The fourth-order valence-corrected chi connectivity index (χ4v) is 4.17. The van der Waals surface area contributed by atoms with Crippen LogP contribution in [0.1, 0.15) is 30.9 Å². The molecule has 0 saturated carbocycles. The van der Waals surface area contributed by atoms with E-state index in [1.54, 1.807) is 26.4 Å². The van der Waals surface area contributed by atoms with Crippen molar-refractivity contribution in [1.29, 1.82) is 0 Å². The Balaban J connectivity index is 0.00000300. The molecule has 2 aromatic carbocycles. The lowest BCUT2D eigenvalue weighted by Crippen LogP contribution is -2.42. The van der Waals surface area contributed by atoms with Crippen LogP contribution in [0.4, 0.5) is 4.39 Å². The van der Waals surface area contributed by atoms with E-state index in [9.17, 15) is 9.50 Å². The molecule has 0 aliphatic carbocycles. The highest BCUT2D eigenvalue weighted by Gasteiger charge is 2.35. The van der Waals surface area contributed by atoms with E-state index in [0.29, 0.717) is 0 Å². The van der Waals surface area contributed by atoms with Gasteiger partial charge in [-0.05, 0) is 74.5 Å². The minimum atomic E-state index is -0.935. The van der Waals surface area contributed by atoms with Gasteiger partial charge in [-0.3, -0.25) is 0 Å². The first-order valence-corrected chi connectivity index (χ1v) is 9.86. The van der Waals surface area contributed by atoms with E-state index >= 15 is 0 Å². The number of likely N-dealkylation sites (tertiary alicyclic amines) is 1. The van der Waals surface area contributed by atoms with Gasteiger partial charge in [0, 0.05) is 6.54 Å². The zero-order valence-electron chi connectivity index (χ0n) is 17.4. The van der Waals surface area contributed by atoms with Crippen molar-refractivity contribution < 1.29 is 19.0 Å². The number of piperidine rings is 1. The van der Waals surface area contributed by atoms with Gasteiger partial charge >= 0.3 is 0 Å². The predicted molar refractivity (Wildman–Crippen MR) is 124 cm³/mol. The molecule has 1 heterocycles. The molecule has 2 aromatic rings. The van der Waals surface area contributed by atoms with Crippen molar-refractivity contribution >= 4 is 24.0 Å².